The molecule has 0 aliphatic rings. The molecule has 1 amide bonds. The lowest BCUT2D eigenvalue weighted by atomic mass is 10.1. The van der Waals surface area contributed by atoms with Crippen LogP contribution >= 0.6 is 11.6 Å². The van der Waals surface area contributed by atoms with Gasteiger partial charge in [0.25, 0.3) is 5.91 Å². The lowest BCUT2D eigenvalue weighted by molar-refractivity contribution is 0.0947. The fourth-order valence-electron chi connectivity index (χ4n) is 1.99. The number of nitrogens with one attached hydrogen (secondary N) is 1. The monoisotopic (exact) mass is 303 g/mol. The van der Waals surface area contributed by atoms with E-state index < -0.39 is 0 Å². The van der Waals surface area contributed by atoms with Gasteiger partial charge in [0.15, 0.2) is 0 Å². The van der Waals surface area contributed by atoms with E-state index in [1.165, 1.54) is 5.56 Å². The lowest BCUT2D eigenvalue weighted by Gasteiger charge is -2.11. The van der Waals surface area contributed by atoms with Gasteiger partial charge in [-0.3, -0.25) is 4.79 Å². The molecule has 0 fully saturated rings. The maximum Gasteiger partial charge on any atom is 0.251 e. The Balaban J connectivity index is 1.81. The molecule has 0 radical (unpaired) electrons. The van der Waals surface area contributed by atoms with Gasteiger partial charge in [-0.2, -0.15) is 0 Å². The normalized spacial score (nSPS) is 10.2. The van der Waals surface area contributed by atoms with Gasteiger partial charge in [-0.05, 0) is 36.2 Å². The number of hydrogen-bond donors (Lipinski definition) is 1. The molecule has 2 aromatic carbocycles. The Morgan fingerprint density at radius 2 is 2.00 bits per heavy atom. The van der Waals surface area contributed by atoms with Crippen molar-refractivity contribution in [3.05, 3.63) is 64.7 Å². The molecular formula is C17H18ClNO2. The fourth-order valence-corrected chi connectivity index (χ4v) is 2.18. The minimum absolute atomic E-state index is 0.148. The Morgan fingerprint density at radius 3 is 2.76 bits per heavy atom. The van der Waals surface area contributed by atoms with E-state index in [-0.39, 0.29) is 5.91 Å². The van der Waals surface area contributed by atoms with E-state index in [1.807, 2.05) is 24.3 Å². The van der Waals surface area contributed by atoms with Crippen LogP contribution in [0, 0.1) is 0 Å². The number of benzene rings is 2. The average molecular weight is 304 g/mol. The number of ether oxygens (including phenoxy) is 1. The first-order chi connectivity index (χ1) is 10.2. The number of aryl methyl sites for hydroxylation is 1. The highest BCUT2D eigenvalue weighted by Crippen LogP contribution is 2.17. The summed E-state index contributed by atoms with van der Waals surface area (Å²) >= 11 is 5.86. The first-order valence-electron chi connectivity index (χ1n) is 6.95. The van der Waals surface area contributed by atoms with Gasteiger partial charge in [0.05, 0.1) is 6.54 Å². The molecule has 2 rings (SSSR count). The summed E-state index contributed by atoms with van der Waals surface area (Å²) in [5.74, 6) is 0.724. The second kappa shape index (κ2) is 7.70. The average Bonchev–Trinajstić information content (AvgIpc) is 2.51. The third-order valence-electron chi connectivity index (χ3n) is 3.09. The Labute approximate surface area is 129 Å². The van der Waals surface area contributed by atoms with Crippen LogP contribution < -0.4 is 10.1 Å². The number of hydrogen-bond acceptors (Lipinski definition) is 2. The van der Waals surface area contributed by atoms with E-state index in [0.29, 0.717) is 23.7 Å². The molecule has 21 heavy (non-hydrogen) atoms. The van der Waals surface area contributed by atoms with Crippen molar-refractivity contribution in [1.82, 2.24) is 5.32 Å². The highest BCUT2D eigenvalue weighted by atomic mass is 35.5. The molecule has 0 bridgehead atoms. The summed E-state index contributed by atoms with van der Waals surface area (Å²) in [5.41, 5.74) is 1.72. The van der Waals surface area contributed by atoms with Crippen molar-refractivity contribution in [3.8, 4) is 5.75 Å². The fraction of sp³-hybridized carbons (Fsp3) is 0.235. The molecule has 0 saturated carbocycles. The van der Waals surface area contributed by atoms with E-state index in [2.05, 4.69) is 12.2 Å². The molecule has 0 heterocycles. The lowest BCUT2D eigenvalue weighted by Crippen LogP contribution is -2.28. The van der Waals surface area contributed by atoms with Crippen molar-refractivity contribution in [2.24, 2.45) is 0 Å². The molecule has 4 heteroatoms. The van der Waals surface area contributed by atoms with Crippen LogP contribution in [0.3, 0.4) is 0 Å². The zero-order valence-electron chi connectivity index (χ0n) is 11.9. The molecule has 2 aromatic rings. The summed E-state index contributed by atoms with van der Waals surface area (Å²) in [7, 11) is 0. The third kappa shape index (κ3) is 4.50. The van der Waals surface area contributed by atoms with Crippen LogP contribution in [0.1, 0.15) is 22.8 Å². The molecular weight excluding hydrogens is 286 g/mol. The molecule has 0 aromatic heterocycles. The second-order valence-corrected chi connectivity index (χ2v) is 5.01. The molecule has 0 saturated heterocycles. The Hall–Kier alpha value is -2.00. The smallest absolute Gasteiger partial charge is 0.251 e. The summed E-state index contributed by atoms with van der Waals surface area (Å²) in [6, 6.07) is 14.8. The summed E-state index contributed by atoms with van der Waals surface area (Å²) in [6.07, 6.45) is 0.922. The Bertz CT molecular complexity index is 613. The number of amides is 1. The van der Waals surface area contributed by atoms with Gasteiger partial charge in [0, 0.05) is 10.6 Å². The van der Waals surface area contributed by atoms with Crippen LogP contribution in [0.15, 0.2) is 48.5 Å². The largest absolute Gasteiger partial charge is 0.491 e. The van der Waals surface area contributed by atoms with Gasteiger partial charge in [-0.15, -0.1) is 0 Å². The van der Waals surface area contributed by atoms with Gasteiger partial charge in [0.1, 0.15) is 12.4 Å². The second-order valence-electron chi connectivity index (χ2n) is 4.58. The van der Waals surface area contributed by atoms with Gasteiger partial charge < -0.3 is 10.1 Å². The summed E-state index contributed by atoms with van der Waals surface area (Å²) < 4.78 is 5.70. The summed E-state index contributed by atoms with van der Waals surface area (Å²) in [4.78, 5) is 11.9. The minimum Gasteiger partial charge on any atom is -0.491 e. The zero-order valence-corrected chi connectivity index (χ0v) is 12.7. The standard InChI is InChI=1S/C17H18ClNO2/c1-2-13-6-3-4-9-16(13)21-11-10-19-17(20)14-7-5-8-15(18)12-14/h3-9,12H,2,10-11H2,1H3,(H,19,20). The molecule has 0 spiro atoms. The molecule has 0 atom stereocenters. The molecule has 110 valence electrons. The molecule has 0 aliphatic carbocycles. The van der Waals surface area contributed by atoms with Gasteiger partial charge in [0.2, 0.25) is 0 Å². The first kappa shape index (κ1) is 15.4. The number of halogens is 1. The highest BCUT2D eigenvalue weighted by molar-refractivity contribution is 6.30. The van der Waals surface area contributed by atoms with Crippen LogP contribution in [-0.2, 0) is 6.42 Å². The van der Waals surface area contributed by atoms with Crippen molar-refractivity contribution in [3.63, 3.8) is 0 Å². The van der Waals surface area contributed by atoms with E-state index in [9.17, 15) is 4.79 Å². The third-order valence-corrected chi connectivity index (χ3v) is 3.32. The van der Waals surface area contributed by atoms with Crippen LogP contribution in [0.2, 0.25) is 5.02 Å². The van der Waals surface area contributed by atoms with E-state index in [1.54, 1.807) is 24.3 Å². The predicted molar refractivity (Wildman–Crippen MR) is 85.1 cm³/mol. The molecule has 0 unspecified atom stereocenters. The zero-order chi connectivity index (χ0) is 15.1. The van der Waals surface area contributed by atoms with Crippen molar-refractivity contribution in [2.45, 2.75) is 13.3 Å². The number of carbonyl (C=O) groups excluding carboxylic acids is 1. The van der Waals surface area contributed by atoms with Crippen LogP contribution in [0.25, 0.3) is 0 Å². The van der Waals surface area contributed by atoms with Crippen LogP contribution in [0.5, 0.6) is 5.75 Å². The SMILES string of the molecule is CCc1ccccc1OCCNC(=O)c1cccc(Cl)c1. The maximum atomic E-state index is 11.9. The quantitative estimate of drug-likeness (QED) is 0.826. The molecule has 3 nitrogen and oxygen atoms in total. The summed E-state index contributed by atoms with van der Waals surface area (Å²) in [5, 5.41) is 3.36. The Morgan fingerprint density at radius 1 is 1.19 bits per heavy atom. The van der Waals surface area contributed by atoms with Crippen molar-refractivity contribution < 1.29 is 9.53 Å². The predicted octanol–water partition coefficient (Wildman–Crippen LogP) is 3.71. The topological polar surface area (TPSA) is 38.3 Å². The molecule has 0 aliphatic heterocycles. The van der Waals surface area contributed by atoms with Gasteiger partial charge in [-0.25, -0.2) is 0 Å². The van der Waals surface area contributed by atoms with E-state index in [4.69, 9.17) is 16.3 Å². The van der Waals surface area contributed by atoms with E-state index >= 15 is 0 Å². The van der Waals surface area contributed by atoms with Crippen molar-refractivity contribution in [2.75, 3.05) is 13.2 Å². The summed E-state index contributed by atoms with van der Waals surface area (Å²) in [6.45, 7) is 2.97. The number of rotatable bonds is 6. The van der Waals surface area contributed by atoms with Crippen LogP contribution in [0.4, 0.5) is 0 Å². The van der Waals surface area contributed by atoms with Crippen molar-refractivity contribution in [1.29, 1.82) is 0 Å². The van der Waals surface area contributed by atoms with Gasteiger partial charge >= 0.3 is 0 Å². The minimum atomic E-state index is -0.148. The maximum absolute atomic E-state index is 11.9. The van der Waals surface area contributed by atoms with Gasteiger partial charge in [-0.1, -0.05) is 42.8 Å². The Kier molecular flexibility index (Phi) is 5.64. The highest BCUT2D eigenvalue weighted by Gasteiger charge is 2.05. The first-order valence-corrected chi connectivity index (χ1v) is 7.33. The molecule has 1 N–H and O–H groups in total. The van der Waals surface area contributed by atoms with Crippen molar-refractivity contribution >= 4 is 17.5 Å². The number of para-hydroxylation sites is 1. The number of carbonyl (C=O) groups is 1. The van der Waals surface area contributed by atoms with Crippen LogP contribution in [-0.4, -0.2) is 19.1 Å². The van der Waals surface area contributed by atoms with E-state index in [0.717, 1.165) is 12.2 Å².